The lowest BCUT2D eigenvalue weighted by Crippen LogP contribution is -2.26. The number of thiazole rings is 1. The Morgan fingerprint density at radius 1 is 1.47 bits per heavy atom. The first-order valence-corrected chi connectivity index (χ1v) is 7.54. The van der Waals surface area contributed by atoms with Gasteiger partial charge in [0, 0.05) is 11.3 Å². The Bertz CT molecular complexity index is 648. The number of aromatic nitrogens is 4. The minimum atomic E-state index is -0.0477. The lowest BCUT2D eigenvalue weighted by molar-refractivity contribution is 0.505. The molecule has 0 atom stereocenters. The maximum atomic E-state index is 12.2. The van der Waals surface area contributed by atoms with Crippen molar-refractivity contribution in [2.45, 2.75) is 52.1 Å². The Labute approximate surface area is 115 Å². The maximum Gasteiger partial charge on any atom is 0.346 e. The fourth-order valence-electron chi connectivity index (χ4n) is 2.11. The second kappa shape index (κ2) is 4.59. The van der Waals surface area contributed by atoms with E-state index in [9.17, 15) is 4.79 Å². The third-order valence-electron chi connectivity index (χ3n) is 3.38. The summed E-state index contributed by atoms with van der Waals surface area (Å²) in [4.78, 5) is 16.9. The molecule has 0 N–H and O–H groups in total. The standard InChI is InChI=1S/C13H18N4OS/c1-8(2)17-13(18)16(9(3)15-17)6-11-7-19-12(14-11)10-4-5-10/h7-8,10H,4-6H2,1-3H3. The van der Waals surface area contributed by atoms with Gasteiger partial charge < -0.3 is 0 Å². The van der Waals surface area contributed by atoms with Crippen molar-refractivity contribution in [1.82, 2.24) is 19.3 Å². The van der Waals surface area contributed by atoms with Gasteiger partial charge in [-0.25, -0.2) is 14.5 Å². The van der Waals surface area contributed by atoms with Gasteiger partial charge in [-0.05, 0) is 33.6 Å². The van der Waals surface area contributed by atoms with Crippen LogP contribution in [0.25, 0.3) is 0 Å². The third-order valence-corrected chi connectivity index (χ3v) is 4.43. The van der Waals surface area contributed by atoms with Crippen molar-refractivity contribution in [2.24, 2.45) is 0 Å². The highest BCUT2D eigenvalue weighted by Gasteiger charge is 2.26. The van der Waals surface area contributed by atoms with Crippen LogP contribution < -0.4 is 5.69 Å². The molecule has 0 spiro atoms. The SMILES string of the molecule is Cc1nn(C(C)C)c(=O)n1Cc1csc(C2CC2)n1. The van der Waals surface area contributed by atoms with Gasteiger partial charge in [0.15, 0.2) is 0 Å². The second-order valence-corrected chi connectivity index (χ2v) is 6.30. The smallest absolute Gasteiger partial charge is 0.273 e. The fourth-order valence-corrected chi connectivity index (χ4v) is 3.09. The molecule has 5 nitrogen and oxygen atoms in total. The Balaban J connectivity index is 1.87. The van der Waals surface area contributed by atoms with Crippen LogP contribution in [-0.2, 0) is 6.54 Å². The Hall–Kier alpha value is -1.43. The predicted octanol–water partition coefficient (Wildman–Crippen LogP) is 2.32. The number of nitrogens with zero attached hydrogens (tertiary/aromatic N) is 4. The zero-order valence-corrected chi connectivity index (χ0v) is 12.3. The fraction of sp³-hybridized carbons (Fsp3) is 0.615. The molecule has 0 radical (unpaired) electrons. The van der Waals surface area contributed by atoms with Crippen molar-refractivity contribution < 1.29 is 0 Å². The zero-order valence-electron chi connectivity index (χ0n) is 11.5. The summed E-state index contributed by atoms with van der Waals surface area (Å²) < 4.78 is 3.23. The quantitative estimate of drug-likeness (QED) is 0.862. The summed E-state index contributed by atoms with van der Waals surface area (Å²) in [5.74, 6) is 1.43. The summed E-state index contributed by atoms with van der Waals surface area (Å²) in [6, 6.07) is 0.0879. The van der Waals surface area contributed by atoms with E-state index >= 15 is 0 Å². The van der Waals surface area contributed by atoms with Crippen molar-refractivity contribution in [3.05, 3.63) is 32.4 Å². The van der Waals surface area contributed by atoms with Gasteiger partial charge in [-0.2, -0.15) is 5.10 Å². The summed E-state index contributed by atoms with van der Waals surface area (Å²) >= 11 is 1.71. The number of hydrogen-bond acceptors (Lipinski definition) is 4. The summed E-state index contributed by atoms with van der Waals surface area (Å²) in [6.07, 6.45) is 2.52. The molecule has 1 aliphatic rings. The van der Waals surface area contributed by atoms with Crippen LogP contribution in [0.2, 0.25) is 0 Å². The molecule has 0 amide bonds. The van der Waals surface area contributed by atoms with Crippen molar-refractivity contribution in [2.75, 3.05) is 0 Å². The largest absolute Gasteiger partial charge is 0.346 e. The molecule has 2 heterocycles. The van der Waals surface area contributed by atoms with Crippen LogP contribution in [-0.4, -0.2) is 19.3 Å². The Morgan fingerprint density at radius 3 is 2.79 bits per heavy atom. The van der Waals surface area contributed by atoms with E-state index in [1.54, 1.807) is 15.9 Å². The van der Waals surface area contributed by atoms with E-state index in [1.807, 2.05) is 20.8 Å². The van der Waals surface area contributed by atoms with Crippen LogP contribution in [0.1, 0.15) is 55.2 Å². The zero-order chi connectivity index (χ0) is 13.6. The second-order valence-electron chi connectivity index (χ2n) is 5.41. The molecule has 0 aromatic carbocycles. The van der Waals surface area contributed by atoms with Crippen LogP contribution in [0.3, 0.4) is 0 Å². The van der Waals surface area contributed by atoms with Crippen molar-refractivity contribution in [1.29, 1.82) is 0 Å². The van der Waals surface area contributed by atoms with Crippen LogP contribution in [0.15, 0.2) is 10.2 Å². The van der Waals surface area contributed by atoms with Gasteiger partial charge in [0.2, 0.25) is 0 Å². The van der Waals surface area contributed by atoms with E-state index < -0.39 is 0 Å². The molecule has 0 unspecified atom stereocenters. The molecule has 0 saturated heterocycles. The van der Waals surface area contributed by atoms with Gasteiger partial charge in [0.05, 0.1) is 23.3 Å². The van der Waals surface area contributed by atoms with Gasteiger partial charge in [-0.1, -0.05) is 0 Å². The molecule has 102 valence electrons. The summed E-state index contributed by atoms with van der Waals surface area (Å²) in [5, 5.41) is 7.58. The molecule has 1 aliphatic carbocycles. The van der Waals surface area contributed by atoms with E-state index in [-0.39, 0.29) is 11.7 Å². The maximum absolute atomic E-state index is 12.2. The van der Waals surface area contributed by atoms with Crippen molar-refractivity contribution in [3.8, 4) is 0 Å². The van der Waals surface area contributed by atoms with Crippen LogP contribution in [0, 0.1) is 6.92 Å². The van der Waals surface area contributed by atoms with E-state index in [4.69, 9.17) is 0 Å². The lowest BCUT2D eigenvalue weighted by atomic mass is 10.4. The average Bonchev–Trinajstić information content (AvgIpc) is 3.05. The predicted molar refractivity (Wildman–Crippen MR) is 74.8 cm³/mol. The van der Waals surface area contributed by atoms with Gasteiger partial charge in [0.25, 0.3) is 0 Å². The minimum absolute atomic E-state index is 0.0477. The first-order valence-electron chi connectivity index (χ1n) is 6.66. The summed E-state index contributed by atoms with van der Waals surface area (Å²) in [7, 11) is 0. The van der Waals surface area contributed by atoms with Crippen LogP contribution >= 0.6 is 11.3 Å². The normalized spacial score (nSPS) is 15.4. The van der Waals surface area contributed by atoms with Crippen molar-refractivity contribution in [3.63, 3.8) is 0 Å². The summed E-state index contributed by atoms with van der Waals surface area (Å²) in [6.45, 7) is 6.33. The van der Waals surface area contributed by atoms with Gasteiger partial charge in [-0.3, -0.25) is 4.57 Å². The molecule has 1 saturated carbocycles. The highest BCUT2D eigenvalue weighted by atomic mass is 32.1. The van der Waals surface area contributed by atoms with E-state index in [1.165, 1.54) is 22.5 Å². The monoisotopic (exact) mass is 278 g/mol. The number of hydrogen-bond donors (Lipinski definition) is 0. The molecule has 2 aromatic heterocycles. The molecule has 0 bridgehead atoms. The van der Waals surface area contributed by atoms with Crippen LogP contribution in [0.4, 0.5) is 0 Å². The van der Waals surface area contributed by atoms with Gasteiger partial charge >= 0.3 is 5.69 Å². The number of aryl methyl sites for hydroxylation is 1. The Kier molecular flexibility index (Phi) is 3.05. The molecular formula is C13H18N4OS. The Morgan fingerprint density at radius 2 is 2.21 bits per heavy atom. The molecule has 1 fully saturated rings. The molecule has 3 rings (SSSR count). The van der Waals surface area contributed by atoms with E-state index in [0.717, 1.165) is 11.5 Å². The molecule has 2 aromatic rings. The van der Waals surface area contributed by atoms with Crippen molar-refractivity contribution >= 4 is 11.3 Å². The average molecular weight is 278 g/mol. The molecule has 19 heavy (non-hydrogen) atoms. The van der Waals surface area contributed by atoms with Gasteiger partial charge in [-0.15, -0.1) is 11.3 Å². The summed E-state index contributed by atoms with van der Waals surface area (Å²) in [5.41, 5.74) is 0.925. The molecular weight excluding hydrogens is 260 g/mol. The van der Waals surface area contributed by atoms with Gasteiger partial charge in [0.1, 0.15) is 5.82 Å². The van der Waals surface area contributed by atoms with Crippen LogP contribution in [0.5, 0.6) is 0 Å². The highest BCUT2D eigenvalue weighted by Crippen LogP contribution is 2.41. The number of rotatable bonds is 4. The molecule has 0 aliphatic heterocycles. The first kappa shape index (κ1) is 12.6. The van der Waals surface area contributed by atoms with E-state index in [0.29, 0.717) is 12.5 Å². The van der Waals surface area contributed by atoms with E-state index in [2.05, 4.69) is 15.5 Å². The topological polar surface area (TPSA) is 52.7 Å². The first-order chi connectivity index (χ1) is 9.06. The lowest BCUT2D eigenvalue weighted by Gasteiger charge is -2.01. The minimum Gasteiger partial charge on any atom is -0.273 e. The third kappa shape index (κ3) is 2.36. The highest BCUT2D eigenvalue weighted by molar-refractivity contribution is 7.09. The molecule has 6 heteroatoms.